The number of benzene rings is 1. The van der Waals surface area contributed by atoms with Gasteiger partial charge < -0.3 is 0 Å². The topological polar surface area (TPSA) is 46.5 Å². The monoisotopic (exact) mass is 215 g/mol. The second-order valence-corrected chi connectivity index (χ2v) is 4.76. The van der Waals surface area contributed by atoms with Gasteiger partial charge in [0.25, 0.3) is 10.0 Å². The van der Waals surface area contributed by atoms with Crippen molar-refractivity contribution < 1.29 is 8.42 Å². The highest BCUT2D eigenvalue weighted by atomic mass is 32.2. The van der Waals surface area contributed by atoms with Gasteiger partial charge in [-0.25, -0.2) is 8.42 Å². The maximum atomic E-state index is 10.9. The summed E-state index contributed by atoms with van der Waals surface area (Å²) in [7, 11) is -3.38. The summed E-state index contributed by atoms with van der Waals surface area (Å²) in [6, 6.07) is 9.37. The largest absolute Gasteiger partial charge is 0.264 e. The van der Waals surface area contributed by atoms with Crippen LogP contribution >= 0.6 is 0 Å². The molecule has 3 nitrogen and oxygen atoms in total. The lowest BCUT2D eigenvalue weighted by Gasteiger charge is -1.97. The predicted octanol–water partition coefficient (Wildman–Crippen LogP) is 1.29. The molecule has 0 unspecified atom stereocenters. The van der Waals surface area contributed by atoms with Gasteiger partial charge in [-0.1, -0.05) is 34.1 Å². The summed E-state index contributed by atoms with van der Waals surface area (Å²) in [5, 5.41) is 0. The fourth-order valence-electron chi connectivity index (χ4n) is 0.929. The number of aryl methyl sites for hydroxylation is 1. The number of hydrogen-bond donors (Lipinski definition) is 0. The first-order valence-electron chi connectivity index (χ1n) is 3.75. The van der Waals surface area contributed by atoms with Crippen molar-refractivity contribution in [3.05, 3.63) is 35.9 Å². The van der Waals surface area contributed by atoms with Crippen molar-refractivity contribution in [2.75, 3.05) is 5.75 Å². The summed E-state index contributed by atoms with van der Waals surface area (Å²) < 4.78 is 24.7. The normalized spacial score (nSPS) is 11.1. The van der Waals surface area contributed by atoms with E-state index in [1.165, 1.54) is 0 Å². The van der Waals surface area contributed by atoms with Gasteiger partial charge in [0.05, 0.1) is 18.2 Å². The van der Waals surface area contributed by atoms with Crippen molar-refractivity contribution in [3.63, 3.8) is 0 Å². The van der Waals surface area contributed by atoms with Crippen molar-refractivity contribution in [1.29, 1.82) is 0 Å². The Bertz CT molecular complexity index is 372. The molecular formula is C8H9NO2S2. The number of nitrogens with zero attached hydrogens (tertiary/aromatic N) is 1. The molecule has 0 N–H and O–H groups in total. The Kier molecular flexibility index (Phi) is 3.50. The number of hydrogen-bond acceptors (Lipinski definition) is 3. The predicted molar refractivity (Wildman–Crippen MR) is 53.7 cm³/mol. The van der Waals surface area contributed by atoms with Crippen LogP contribution < -0.4 is 0 Å². The summed E-state index contributed by atoms with van der Waals surface area (Å²) in [5.74, 6) is -0.0134. The lowest BCUT2D eigenvalue weighted by atomic mass is 10.2. The molecule has 0 amide bonds. The van der Waals surface area contributed by atoms with Crippen LogP contribution in [-0.4, -0.2) is 14.2 Å². The average molecular weight is 215 g/mol. The molecule has 0 radical (unpaired) electrons. The highest BCUT2D eigenvalue weighted by molar-refractivity contribution is 7.92. The van der Waals surface area contributed by atoms with E-state index in [9.17, 15) is 8.42 Å². The lowest BCUT2D eigenvalue weighted by Crippen LogP contribution is -2.04. The second kappa shape index (κ2) is 4.43. The molecule has 5 heteroatoms. The van der Waals surface area contributed by atoms with Crippen LogP contribution in [0.15, 0.2) is 34.1 Å². The van der Waals surface area contributed by atoms with Gasteiger partial charge in [0.1, 0.15) is 0 Å². The first-order chi connectivity index (χ1) is 6.14. The molecule has 0 atom stereocenters. The molecular weight excluding hydrogens is 206 g/mol. The number of rotatable bonds is 4. The molecule has 1 aromatic carbocycles. The minimum Gasteiger partial charge on any atom is -0.204 e. The minimum absolute atomic E-state index is 0.0134. The molecule has 0 aromatic heterocycles. The zero-order chi connectivity index (χ0) is 9.73. The van der Waals surface area contributed by atoms with E-state index in [2.05, 4.69) is 16.2 Å². The van der Waals surface area contributed by atoms with Crippen LogP contribution in [0.5, 0.6) is 0 Å². The maximum absolute atomic E-state index is 10.9. The summed E-state index contributed by atoms with van der Waals surface area (Å²) >= 11 is 4.14. The van der Waals surface area contributed by atoms with Gasteiger partial charge in [-0.2, -0.15) is 0 Å². The van der Waals surface area contributed by atoms with Crippen molar-refractivity contribution in [2.24, 2.45) is 3.77 Å². The van der Waals surface area contributed by atoms with E-state index in [1.807, 2.05) is 30.3 Å². The van der Waals surface area contributed by atoms with Gasteiger partial charge in [-0.15, -0.1) is 0 Å². The molecule has 1 aromatic rings. The van der Waals surface area contributed by atoms with Gasteiger partial charge in [0, 0.05) is 0 Å². The maximum Gasteiger partial charge on any atom is 0.264 e. The van der Waals surface area contributed by atoms with Crippen molar-refractivity contribution >= 4 is 22.4 Å². The molecule has 0 saturated heterocycles. The van der Waals surface area contributed by atoms with Crippen LogP contribution in [0.2, 0.25) is 0 Å². The molecule has 0 aliphatic rings. The van der Waals surface area contributed by atoms with Gasteiger partial charge in [0.2, 0.25) is 0 Å². The van der Waals surface area contributed by atoms with Crippen molar-refractivity contribution in [2.45, 2.75) is 6.42 Å². The van der Waals surface area contributed by atoms with Gasteiger partial charge in [-0.3, -0.25) is 0 Å². The Morgan fingerprint density at radius 2 is 1.85 bits per heavy atom. The molecule has 13 heavy (non-hydrogen) atoms. The van der Waals surface area contributed by atoms with E-state index in [0.29, 0.717) is 6.42 Å². The van der Waals surface area contributed by atoms with Crippen LogP contribution in [0.4, 0.5) is 0 Å². The van der Waals surface area contributed by atoms with Crippen molar-refractivity contribution in [3.8, 4) is 0 Å². The van der Waals surface area contributed by atoms with E-state index in [4.69, 9.17) is 0 Å². The van der Waals surface area contributed by atoms with Crippen LogP contribution in [0.1, 0.15) is 5.56 Å². The van der Waals surface area contributed by atoms with Gasteiger partial charge in [0.15, 0.2) is 0 Å². The standard InChI is InChI=1S/C8H9NO2S2/c10-13(11,9-12)7-6-8-4-2-1-3-5-8/h1-5H,6-7H2. The second-order valence-electron chi connectivity index (χ2n) is 2.60. The van der Waals surface area contributed by atoms with Crippen LogP contribution in [0.25, 0.3) is 0 Å². The van der Waals surface area contributed by atoms with E-state index in [-0.39, 0.29) is 5.75 Å². The van der Waals surface area contributed by atoms with Gasteiger partial charge in [-0.05, 0) is 12.0 Å². The Morgan fingerprint density at radius 3 is 2.38 bits per heavy atom. The third kappa shape index (κ3) is 3.61. The van der Waals surface area contributed by atoms with E-state index < -0.39 is 10.0 Å². The van der Waals surface area contributed by atoms with E-state index >= 15 is 0 Å². The Hall–Kier alpha value is -0.810. The zero-order valence-corrected chi connectivity index (χ0v) is 8.51. The zero-order valence-electron chi connectivity index (χ0n) is 6.88. The molecule has 0 fully saturated rings. The van der Waals surface area contributed by atoms with Crippen LogP contribution in [-0.2, 0) is 28.9 Å². The molecule has 0 aliphatic heterocycles. The fraction of sp³-hybridized carbons (Fsp3) is 0.250. The van der Waals surface area contributed by atoms with E-state index in [0.717, 1.165) is 5.56 Å². The minimum atomic E-state index is -3.38. The molecule has 70 valence electrons. The molecule has 0 bridgehead atoms. The van der Waals surface area contributed by atoms with Gasteiger partial charge >= 0.3 is 0 Å². The summed E-state index contributed by atoms with van der Waals surface area (Å²) in [6.45, 7) is 0. The Morgan fingerprint density at radius 1 is 1.23 bits per heavy atom. The van der Waals surface area contributed by atoms with Crippen LogP contribution in [0, 0.1) is 0 Å². The first kappa shape index (κ1) is 10.3. The average Bonchev–Trinajstić information content (AvgIpc) is 2.17. The quantitative estimate of drug-likeness (QED) is 0.760. The summed E-state index contributed by atoms with van der Waals surface area (Å²) in [6.07, 6.45) is 0.462. The molecule has 1 rings (SSSR count). The Labute approximate surface area is 83.0 Å². The third-order valence-corrected chi connectivity index (χ3v) is 3.23. The molecule has 0 aliphatic carbocycles. The highest BCUT2D eigenvalue weighted by Gasteiger charge is 2.06. The van der Waals surface area contributed by atoms with Crippen molar-refractivity contribution in [1.82, 2.24) is 0 Å². The number of sulfonamides is 1. The SMILES string of the molecule is O=S(=O)(CCc1ccccc1)N=S. The van der Waals surface area contributed by atoms with E-state index in [1.54, 1.807) is 0 Å². The first-order valence-corrected chi connectivity index (χ1v) is 5.73. The molecule has 0 heterocycles. The molecule has 0 spiro atoms. The lowest BCUT2D eigenvalue weighted by molar-refractivity contribution is 0.598. The fourth-order valence-corrected chi connectivity index (χ4v) is 1.72. The summed E-state index contributed by atoms with van der Waals surface area (Å²) in [4.78, 5) is 0. The highest BCUT2D eigenvalue weighted by Crippen LogP contribution is 2.02. The smallest absolute Gasteiger partial charge is 0.204 e. The molecule has 0 saturated carbocycles. The third-order valence-electron chi connectivity index (χ3n) is 1.61. The summed E-state index contributed by atoms with van der Waals surface area (Å²) in [5.41, 5.74) is 0.977. The Balaban J connectivity index is 2.59. The van der Waals surface area contributed by atoms with Crippen LogP contribution in [0.3, 0.4) is 0 Å².